The molecule has 0 amide bonds. The standard InChI is InChI=1S/C19H21N3O5/c1-25-17-5-3-2-4-15(17)21-8-6-20(7-9-21)12-14-10-18-19(27-13-26-18)11-16(14)22(23)24/h2-5,10-11H,6-9,12-13H2,1H3/p+1. The Balaban J connectivity index is 1.46. The van der Waals surface area contributed by atoms with Gasteiger partial charge in [0.1, 0.15) is 12.3 Å². The Morgan fingerprint density at radius 1 is 1.19 bits per heavy atom. The lowest BCUT2D eigenvalue weighted by molar-refractivity contribution is -0.914. The molecule has 0 saturated carbocycles. The van der Waals surface area contributed by atoms with Crippen molar-refractivity contribution < 1.29 is 24.0 Å². The van der Waals surface area contributed by atoms with E-state index in [9.17, 15) is 10.1 Å². The van der Waals surface area contributed by atoms with Crippen molar-refractivity contribution in [2.24, 2.45) is 0 Å². The Morgan fingerprint density at radius 2 is 1.89 bits per heavy atom. The molecule has 0 unspecified atom stereocenters. The summed E-state index contributed by atoms with van der Waals surface area (Å²) in [4.78, 5) is 14.7. The lowest BCUT2D eigenvalue weighted by Gasteiger charge is -2.34. The van der Waals surface area contributed by atoms with E-state index in [0.717, 1.165) is 37.6 Å². The van der Waals surface area contributed by atoms with Crippen LogP contribution in [0.3, 0.4) is 0 Å². The van der Waals surface area contributed by atoms with E-state index in [0.29, 0.717) is 23.6 Å². The van der Waals surface area contributed by atoms with E-state index in [2.05, 4.69) is 11.0 Å². The van der Waals surface area contributed by atoms with Crippen molar-refractivity contribution in [3.63, 3.8) is 0 Å². The smallest absolute Gasteiger partial charge is 0.282 e. The van der Waals surface area contributed by atoms with Gasteiger partial charge >= 0.3 is 0 Å². The highest BCUT2D eigenvalue weighted by molar-refractivity contribution is 5.58. The van der Waals surface area contributed by atoms with Crippen LogP contribution >= 0.6 is 0 Å². The Morgan fingerprint density at radius 3 is 2.59 bits per heavy atom. The average molecular weight is 372 g/mol. The number of ether oxygens (including phenoxy) is 3. The molecule has 2 heterocycles. The molecule has 0 spiro atoms. The van der Waals surface area contributed by atoms with Crippen LogP contribution in [0.5, 0.6) is 17.2 Å². The number of anilines is 1. The number of rotatable bonds is 5. The van der Waals surface area contributed by atoms with Gasteiger partial charge in [0.2, 0.25) is 6.79 Å². The predicted molar refractivity (Wildman–Crippen MR) is 98.8 cm³/mol. The molecule has 0 radical (unpaired) electrons. The van der Waals surface area contributed by atoms with Crippen molar-refractivity contribution in [1.82, 2.24) is 0 Å². The van der Waals surface area contributed by atoms with E-state index in [1.165, 1.54) is 11.0 Å². The van der Waals surface area contributed by atoms with Gasteiger partial charge in [-0.3, -0.25) is 10.1 Å². The normalized spacial score (nSPS) is 16.4. The maximum Gasteiger partial charge on any atom is 0.282 e. The molecule has 0 atom stereocenters. The topological polar surface area (TPSA) is 78.5 Å². The molecule has 1 N–H and O–H groups in total. The zero-order chi connectivity index (χ0) is 18.8. The third kappa shape index (κ3) is 3.48. The first-order chi connectivity index (χ1) is 13.2. The van der Waals surface area contributed by atoms with Crippen LogP contribution in [0.1, 0.15) is 5.56 Å². The van der Waals surface area contributed by atoms with Crippen molar-refractivity contribution in [3.05, 3.63) is 52.1 Å². The van der Waals surface area contributed by atoms with Gasteiger partial charge in [-0.1, -0.05) is 12.1 Å². The summed E-state index contributed by atoms with van der Waals surface area (Å²) in [5.41, 5.74) is 1.87. The highest BCUT2D eigenvalue weighted by atomic mass is 16.7. The first kappa shape index (κ1) is 17.4. The molecule has 8 nitrogen and oxygen atoms in total. The fourth-order valence-electron chi connectivity index (χ4n) is 3.69. The molecule has 1 saturated heterocycles. The molecule has 4 rings (SSSR count). The summed E-state index contributed by atoms with van der Waals surface area (Å²) in [6.07, 6.45) is 0. The van der Waals surface area contributed by atoms with E-state index in [1.54, 1.807) is 13.2 Å². The van der Waals surface area contributed by atoms with Gasteiger partial charge in [-0.25, -0.2) is 0 Å². The fraction of sp³-hybridized carbons (Fsp3) is 0.368. The monoisotopic (exact) mass is 372 g/mol. The van der Waals surface area contributed by atoms with Gasteiger partial charge in [-0.15, -0.1) is 0 Å². The molecule has 0 aliphatic carbocycles. The lowest BCUT2D eigenvalue weighted by atomic mass is 10.1. The van der Waals surface area contributed by atoms with E-state index < -0.39 is 0 Å². The largest absolute Gasteiger partial charge is 0.495 e. The summed E-state index contributed by atoms with van der Waals surface area (Å²) in [5.74, 6) is 1.90. The molecular weight excluding hydrogens is 350 g/mol. The van der Waals surface area contributed by atoms with Crippen LogP contribution in [0.15, 0.2) is 36.4 Å². The van der Waals surface area contributed by atoms with Crippen LogP contribution in [0, 0.1) is 10.1 Å². The molecule has 2 aliphatic heterocycles. The number of piperazine rings is 1. The summed E-state index contributed by atoms with van der Waals surface area (Å²) < 4.78 is 16.1. The Labute approximate surface area is 157 Å². The number of para-hydroxylation sites is 2. The van der Waals surface area contributed by atoms with Crippen molar-refractivity contribution in [2.75, 3.05) is 45.0 Å². The Hall–Kier alpha value is -3.00. The summed E-state index contributed by atoms with van der Waals surface area (Å²) in [6.45, 7) is 4.22. The zero-order valence-electron chi connectivity index (χ0n) is 15.1. The van der Waals surface area contributed by atoms with Gasteiger partial charge in [0.05, 0.1) is 55.5 Å². The molecule has 2 aliphatic rings. The number of nitrogens with one attached hydrogen (secondary N) is 1. The molecule has 2 aromatic carbocycles. The van der Waals surface area contributed by atoms with Crippen molar-refractivity contribution >= 4 is 11.4 Å². The number of hydrogen-bond acceptors (Lipinski definition) is 6. The Bertz CT molecular complexity index is 849. The van der Waals surface area contributed by atoms with Gasteiger partial charge in [0.25, 0.3) is 5.69 Å². The minimum Gasteiger partial charge on any atom is -0.495 e. The van der Waals surface area contributed by atoms with Gasteiger partial charge < -0.3 is 24.0 Å². The number of nitro groups is 1. The molecule has 1 fully saturated rings. The van der Waals surface area contributed by atoms with Crippen molar-refractivity contribution in [3.8, 4) is 17.2 Å². The molecule has 0 bridgehead atoms. The van der Waals surface area contributed by atoms with Gasteiger partial charge in [0, 0.05) is 0 Å². The van der Waals surface area contributed by atoms with E-state index >= 15 is 0 Å². The van der Waals surface area contributed by atoms with E-state index in [-0.39, 0.29) is 17.4 Å². The van der Waals surface area contributed by atoms with Crippen LogP contribution in [0.4, 0.5) is 11.4 Å². The second-order valence-corrected chi connectivity index (χ2v) is 6.68. The van der Waals surface area contributed by atoms with Crippen LogP contribution in [-0.4, -0.2) is 45.0 Å². The van der Waals surface area contributed by atoms with Crippen LogP contribution < -0.4 is 24.0 Å². The maximum absolute atomic E-state index is 11.4. The van der Waals surface area contributed by atoms with Crippen molar-refractivity contribution in [2.45, 2.75) is 6.54 Å². The summed E-state index contributed by atoms with van der Waals surface area (Å²) in [5, 5.41) is 11.4. The minimum absolute atomic E-state index is 0.0962. The number of fused-ring (bicyclic) bond motifs is 1. The van der Waals surface area contributed by atoms with Gasteiger partial charge in [-0.05, 0) is 18.2 Å². The number of quaternary nitrogens is 1. The number of hydrogen-bond donors (Lipinski definition) is 1. The molecule has 0 aromatic heterocycles. The third-order valence-electron chi connectivity index (χ3n) is 5.11. The number of nitrogens with zero attached hydrogens (tertiary/aromatic N) is 2. The van der Waals surface area contributed by atoms with Gasteiger partial charge in [-0.2, -0.15) is 0 Å². The number of methoxy groups -OCH3 is 1. The molecule has 142 valence electrons. The minimum atomic E-state index is -0.345. The van der Waals surface area contributed by atoms with Gasteiger partial charge in [0.15, 0.2) is 11.5 Å². The van der Waals surface area contributed by atoms with E-state index in [1.807, 2.05) is 18.2 Å². The average Bonchev–Trinajstić information content (AvgIpc) is 3.15. The first-order valence-electron chi connectivity index (χ1n) is 8.94. The molecule has 27 heavy (non-hydrogen) atoms. The highest BCUT2D eigenvalue weighted by Crippen LogP contribution is 2.37. The van der Waals surface area contributed by atoms with E-state index in [4.69, 9.17) is 14.2 Å². The number of nitro benzene ring substituents is 1. The fourth-order valence-corrected chi connectivity index (χ4v) is 3.69. The number of benzene rings is 2. The second kappa shape index (κ2) is 7.32. The second-order valence-electron chi connectivity index (χ2n) is 6.68. The third-order valence-corrected chi connectivity index (χ3v) is 5.11. The SMILES string of the molecule is COc1ccccc1N1CC[NH+](Cc2cc3c(cc2[N+](=O)[O-])OCO3)CC1. The predicted octanol–water partition coefficient (Wildman–Crippen LogP) is 1.24. The molecular formula is C19H22N3O5+. The molecule has 8 heteroatoms. The van der Waals surface area contributed by atoms with Crippen LogP contribution in [-0.2, 0) is 6.54 Å². The first-order valence-corrected chi connectivity index (χ1v) is 8.94. The quantitative estimate of drug-likeness (QED) is 0.628. The highest BCUT2D eigenvalue weighted by Gasteiger charge is 2.28. The Kier molecular flexibility index (Phi) is 4.72. The summed E-state index contributed by atoms with van der Waals surface area (Å²) >= 11 is 0. The maximum atomic E-state index is 11.4. The van der Waals surface area contributed by atoms with Crippen LogP contribution in [0.25, 0.3) is 0 Å². The zero-order valence-corrected chi connectivity index (χ0v) is 15.1. The van der Waals surface area contributed by atoms with Crippen molar-refractivity contribution in [1.29, 1.82) is 0 Å². The van der Waals surface area contributed by atoms with Crippen LogP contribution in [0.2, 0.25) is 0 Å². The lowest BCUT2D eigenvalue weighted by Crippen LogP contribution is -3.13. The molecule has 2 aromatic rings. The summed E-state index contributed by atoms with van der Waals surface area (Å²) in [6, 6.07) is 11.2. The summed E-state index contributed by atoms with van der Waals surface area (Å²) in [7, 11) is 1.68.